The Hall–Kier alpha value is -2.53. The molecule has 0 N–H and O–H groups in total. The second-order valence-electron chi connectivity index (χ2n) is 5.71. The van der Waals surface area contributed by atoms with Crippen LogP contribution in [0.25, 0.3) is 6.08 Å². The van der Waals surface area contributed by atoms with Crippen LogP contribution in [0.1, 0.15) is 16.1 Å². The summed E-state index contributed by atoms with van der Waals surface area (Å²) in [7, 11) is 1.68. The van der Waals surface area contributed by atoms with Gasteiger partial charge in [-0.2, -0.15) is 0 Å². The van der Waals surface area contributed by atoms with Gasteiger partial charge in [0.15, 0.2) is 5.76 Å². The molecule has 1 amide bonds. The van der Waals surface area contributed by atoms with Crippen molar-refractivity contribution in [1.82, 2.24) is 9.80 Å². The quantitative estimate of drug-likeness (QED) is 0.847. The van der Waals surface area contributed by atoms with Gasteiger partial charge in [0.2, 0.25) is 0 Å². The lowest BCUT2D eigenvalue weighted by atomic mass is 10.2. The Morgan fingerprint density at radius 2 is 1.96 bits per heavy atom. The Bertz CT molecular complexity index is 686. The summed E-state index contributed by atoms with van der Waals surface area (Å²) in [6.45, 7) is 4.04. The first kappa shape index (κ1) is 16.3. The lowest BCUT2D eigenvalue weighted by Crippen LogP contribution is -2.48. The fourth-order valence-electron chi connectivity index (χ4n) is 2.82. The van der Waals surface area contributed by atoms with Crippen molar-refractivity contribution in [3.05, 3.63) is 60.1 Å². The fraction of sp³-hybridized carbons (Fsp3) is 0.316. The van der Waals surface area contributed by atoms with Gasteiger partial charge in [0.25, 0.3) is 5.91 Å². The molecule has 126 valence electrons. The van der Waals surface area contributed by atoms with E-state index in [9.17, 15) is 4.79 Å². The van der Waals surface area contributed by atoms with Gasteiger partial charge in [-0.3, -0.25) is 9.69 Å². The van der Waals surface area contributed by atoms with Crippen molar-refractivity contribution >= 4 is 12.0 Å². The molecule has 5 heteroatoms. The van der Waals surface area contributed by atoms with Gasteiger partial charge >= 0.3 is 0 Å². The van der Waals surface area contributed by atoms with Gasteiger partial charge in [0.1, 0.15) is 5.75 Å². The van der Waals surface area contributed by atoms with Gasteiger partial charge in [0.05, 0.1) is 13.4 Å². The molecule has 3 rings (SSSR count). The van der Waals surface area contributed by atoms with Gasteiger partial charge in [-0.15, -0.1) is 0 Å². The normalized spacial score (nSPS) is 15.8. The minimum Gasteiger partial charge on any atom is -0.496 e. The standard InChI is InChI=1S/C19H22N2O3/c1-23-17-8-3-2-6-16(17)7-4-10-20-11-13-21(14-12-20)19(22)18-9-5-15-24-18/h2-9,15H,10-14H2,1H3. The number of carbonyl (C=O) groups excluding carboxylic acids is 1. The molecular weight excluding hydrogens is 304 g/mol. The molecule has 1 fully saturated rings. The van der Waals surface area contributed by atoms with Crippen molar-refractivity contribution in [3.63, 3.8) is 0 Å². The molecule has 0 spiro atoms. The first-order valence-corrected chi connectivity index (χ1v) is 8.12. The average Bonchev–Trinajstić information content (AvgIpc) is 3.17. The van der Waals surface area contributed by atoms with Gasteiger partial charge in [0, 0.05) is 38.3 Å². The van der Waals surface area contributed by atoms with Crippen molar-refractivity contribution in [2.45, 2.75) is 0 Å². The van der Waals surface area contributed by atoms with Crippen LogP contribution >= 0.6 is 0 Å². The van der Waals surface area contributed by atoms with Gasteiger partial charge in [-0.05, 0) is 18.2 Å². The van der Waals surface area contributed by atoms with Crippen LogP contribution < -0.4 is 4.74 Å². The van der Waals surface area contributed by atoms with Crippen molar-refractivity contribution in [2.24, 2.45) is 0 Å². The summed E-state index contributed by atoms with van der Waals surface area (Å²) in [5.41, 5.74) is 1.08. The molecule has 1 saturated heterocycles. The zero-order valence-corrected chi connectivity index (χ0v) is 13.9. The lowest BCUT2D eigenvalue weighted by molar-refractivity contribution is 0.0619. The predicted molar refractivity (Wildman–Crippen MR) is 93.1 cm³/mol. The Morgan fingerprint density at radius 1 is 1.17 bits per heavy atom. The number of ether oxygens (including phenoxy) is 1. The number of rotatable bonds is 5. The third kappa shape index (κ3) is 3.86. The van der Waals surface area contributed by atoms with Crippen LogP contribution in [0.5, 0.6) is 5.75 Å². The number of amides is 1. The minimum absolute atomic E-state index is 0.0239. The molecule has 24 heavy (non-hydrogen) atoms. The highest BCUT2D eigenvalue weighted by molar-refractivity contribution is 5.91. The molecule has 0 atom stereocenters. The number of hydrogen-bond acceptors (Lipinski definition) is 4. The molecule has 5 nitrogen and oxygen atoms in total. The van der Waals surface area contributed by atoms with E-state index in [-0.39, 0.29) is 5.91 Å². The van der Waals surface area contributed by atoms with E-state index in [4.69, 9.17) is 9.15 Å². The topological polar surface area (TPSA) is 45.9 Å². The van der Waals surface area contributed by atoms with Crippen LogP contribution in [0.4, 0.5) is 0 Å². The maximum atomic E-state index is 12.2. The van der Waals surface area contributed by atoms with Crippen molar-refractivity contribution in [2.75, 3.05) is 39.8 Å². The van der Waals surface area contributed by atoms with E-state index in [0.717, 1.165) is 44.0 Å². The van der Waals surface area contributed by atoms with Crippen molar-refractivity contribution in [3.8, 4) is 5.75 Å². The van der Waals surface area contributed by atoms with Crippen molar-refractivity contribution < 1.29 is 13.9 Å². The van der Waals surface area contributed by atoms with E-state index in [1.54, 1.807) is 19.2 Å². The molecule has 1 aromatic heterocycles. The molecule has 1 aliphatic heterocycles. The summed E-state index contributed by atoms with van der Waals surface area (Å²) in [4.78, 5) is 16.4. The number of nitrogens with zero attached hydrogens (tertiary/aromatic N) is 2. The van der Waals surface area contributed by atoms with E-state index in [1.165, 1.54) is 6.26 Å². The third-order valence-corrected chi connectivity index (χ3v) is 4.19. The van der Waals surface area contributed by atoms with E-state index in [1.807, 2.05) is 29.2 Å². The summed E-state index contributed by atoms with van der Waals surface area (Å²) in [6, 6.07) is 11.4. The zero-order chi connectivity index (χ0) is 16.8. The highest BCUT2D eigenvalue weighted by atomic mass is 16.5. The fourth-order valence-corrected chi connectivity index (χ4v) is 2.82. The summed E-state index contributed by atoms with van der Waals surface area (Å²) in [5, 5.41) is 0. The molecule has 0 aliphatic carbocycles. The zero-order valence-electron chi connectivity index (χ0n) is 13.9. The van der Waals surface area contributed by atoms with Gasteiger partial charge in [-0.1, -0.05) is 30.4 Å². The molecule has 2 aromatic rings. The maximum absolute atomic E-state index is 12.2. The number of para-hydroxylation sites is 1. The van der Waals surface area contributed by atoms with E-state index in [2.05, 4.69) is 17.1 Å². The Kier molecular flexibility index (Phi) is 5.33. The van der Waals surface area contributed by atoms with Gasteiger partial charge in [-0.25, -0.2) is 0 Å². The highest BCUT2D eigenvalue weighted by Gasteiger charge is 2.22. The minimum atomic E-state index is -0.0239. The molecule has 0 unspecified atom stereocenters. The first-order chi connectivity index (χ1) is 11.8. The molecule has 0 saturated carbocycles. The monoisotopic (exact) mass is 326 g/mol. The smallest absolute Gasteiger partial charge is 0.289 e. The van der Waals surface area contributed by atoms with Crippen LogP contribution in [-0.2, 0) is 0 Å². The Labute approximate surface area is 142 Å². The number of hydrogen-bond donors (Lipinski definition) is 0. The number of furan rings is 1. The van der Waals surface area contributed by atoms with Crippen LogP contribution in [0.15, 0.2) is 53.2 Å². The summed E-state index contributed by atoms with van der Waals surface area (Å²) >= 11 is 0. The third-order valence-electron chi connectivity index (χ3n) is 4.19. The van der Waals surface area contributed by atoms with Crippen LogP contribution in [0.3, 0.4) is 0 Å². The van der Waals surface area contributed by atoms with Crippen LogP contribution in [0, 0.1) is 0 Å². The highest BCUT2D eigenvalue weighted by Crippen LogP contribution is 2.18. The Balaban J connectivity index is 1.49. The van der Waals surface area contributed by atoms with Crippen LogP contribution in [0.2, 0.25) is 0 Å². The van der Waals surface area contributed by atoms with E-state index in [0.29, 0.717) is 5.76 Å². The number of carbonyl (C=O) groups is 1. The summed E-state index contributed by atoms with van der Waals surface area (Å²) in [6.07, 6.45) is 5.76. The van der Waals surface area contributed by atoms with E-state index < -0.39 is 0 Å². The van der Waals surface area contributed by atoms with E-state index >= 15 is 0 Å². The molecule has 1 aromatic carbocycles. The summed E-state index contributed by atoms with van der Waals surface area (Å²) in [5.74, 6) is 1.27. The molecule has 0 radical (unpaired) electrons. The molecular formula is C19H22N2O3. The van der Waals surface area contributed by atoms with Crippen molar-refractivity contribution in [1.29, 1.82) is 0 Å². The molecule has 0 bridgehead atoms. The second kappa shape index (κ2) is 7.84. The average molecular weight is 326 g/mol. The maximum Gasteiger partial charge on any atom is 0.289 e. The lowest BCUT2D eigenvalue weighted by Gasteiger charge is -2.33. The van der Waals surface area contributed by atoms with Gasteiger partial charge < -0.3 is 14.1 Å². The van der Waals surface area contributed by atoms with Crippen LogP contribution in [-0.4, -0.2) is 55.5 Å². The first-order valence-electron chi connectivity index (χ1n) is 8.12. The SMILES string of the molecule is COc1ccccc1C=CCN1CCN(C(=O)c2ccco2)CC1. The molecule has 1 aliphatic rings. The summed E-state index contributed by atoms with van der Waals surface area (Å²) < 4.78 is 10.5. The molecule has 2 heterocycles. The number of piperazine rings is 1. The number of methoxy groups -OCH3 is 1. The largest absolute Gasteiger partial charge is 0.496 e. The second-order valence-corrected chi connectivity index (χ2v) is 5.71. The Morgan fingerprint density at radius 3 is 2.67 bits per heavy atom. The predicted octanol–water partition coefficient (Wildman–Crippen LogP) is 2.76. The number of benzene rings is 1.